The van der Waals surface area contributed by atoms with Crippen LogP contribution in [0.15, 0.2) is 425 Å². The first-order valence-corrected chi connectivity index (χ1v) is 39.1. The fourth-order valence-electron chi connectivity index (χ4n) is 19.0. The Bertz CT molecular complexity index is 7210. The van der Waals surface area contributed by atoms with E-state index in [1.807, 2.05) is 24.3 Å². The van der Waals surface area contributed by atoms with E-state index in [4.69, 9.17) is 19.9 Å². The standard InChI is InChI=1S/C57H37N3.C51H33N3/c1-4-16-40(17-5-1)55-56(60-37-15-14-26-51(60)59-55)42-33-29-39(30-34-42)38-27-31-41(32-28-38)54-47-35-36-49-53(52(47)46-23-11-13-25-50(46)58-54)45-22-10-12-24-48(45)57(49,43-18-6-2-7-19-43)44-20-8-3-9-21-44;1-4-16-34(17-5-1)49-50(54-33-15-14-26-45(54)53-49)36-29-27-35(28-30-36)48-41-31-32-43-47(46(41)40-23-11-13-25-44(40)52-48)39-22-10-12-24-42(39)51(43,37-18-6-2-7-19-37)38-20-8-3-9-21-38/h1-37H;1-33H. The van der Waals surface area contributed by atoms with Crippen LogP contribution in [0.5, 0.6) is 0 Å². The Morgan fingerprint density at radius 3 is 0.868 bits per heavy atom. The number of hydrogen-bond acceptors (Lipinski definition) is 4. The maximum Gasteiger partial charge on any atom is 0.137 e. The molecular weight excluding hydrogens is 1380 g/mol. The summed E-state index contributed by atoms with van der Waals surface area (Å²) in [6.07, 6.45) is 4.19. The minimum atomic E-state index is -0.474. The van der Waals surface area contributed by atoms with Crippen LogP contribution in [0.1, 0.15) is 44.5 Å². The largest absolute Gasteiger partial charge is 0.299 e. The Labute approximate surface area is 660 Å². The van der Waals surface area contributed by atoms with E-state index in [-0.39, 0.29) is 0 Å². The molecule has 2 aliphatic carbocycles. The van der Waals surface area contributed by atoms with Crippen LogP contribution in [-0.2, 0) is 10.8 Å². The Morgan fingerprint density at radius 2 is 0.491 bits per heavy atom. The molecule has 0 saturated heterocycles. The second-order valence-corrected chi connectivity index (χ2v) is 29.8. The number of pyridine rings is 4. The summed E-state index contributed by atoms with van der Waals surface area (Å²) in [4.78, 5) is 20.9. The molecular formula is C108H70N6. The highest BCUT2D eigenvalue weighted by Crippen LogP contribution is 2.61. The third-order valence-electron chi connectivity index (χ3n) is 23.8. The van der Waals surface area contributed by atoms with Crippen LogP contribution in [0.3, 0.4) is 0 Å². The van der Waals surface area contributed by atoms with Gasteiger partial charge in [0.25, 0.3) is 0 Å². The molecule has 0 saturated carbocycles. The zero-order valence-electron chi connectivity index (χ0n) is 62.1. The van der Waals surface area contributed by atoms with Gasteiger partial charge in [0.2, 0.25) is 0 Å². The summed E-state index contributed by atoms with van der Waals surface area (Å²) < 4.78 is 4.37. The second-order valence-electron chi connectivity index (χ2n) is 29.8. The number of nitrogens with zero attached hydrogens (tertiary/aromatic N) is 6. The van der Waals surface area contributed by atoms with Crippen molar-refractivity contribution in [2.24, 2.45) is 0 Å². The molecule has 2 aliphatic rings. The van der Waals surface area contributed by atoms with Crippen LogP contribution in [0.4, 0.5) is 0 Å². The van der Waals surface area contributed by atoms with Gasteiger partial charge in [-0.2, -0.15) is 0 Å². The van der Waals surface area contributed by atoms with Gasteiger partial charge >= 0.3 is 0 Å². The molecule has 6 aromatic heterocycles. The molecule has 0 atom stereocenters. The van der Waals surface area contributed by atoms with Gasteiger partial charge in [0.15, 0.2) is 0 Å². The SMILES string of the molecule is c1ccc(-c2nc3ccccn3c2-c2ccc(-c3ccc(-c4nc5ccccc5c5c6c(ccc45)C(c4ccccc4)(c4ccccc4)c4ccccc4-6)cc3)cc2)cc1.c1ccc(-c2nc3ccccn3c2-c2ccc(-c3nc4ccccc4c4c5c(ccc34)C(c3ccccc3)(c3ccccc3)c3ccccc3-5)cc2)cc1. The van der Waals surface area contributed by atoms with Crippen LogP contribution in [0.25, 0.3) is 156 Å². The van der Waals surface area contributed by atoms with Crippen LogP contribution >= 0.6 is 0 Å². The monoisotopic (exact) mass is 1450 g/mol. The Morgan fingerprint density at radius 1 is 0.193 bits per heavy atom. The molecule has 23 rings (SSSR count). The van der Waals surface area contributed by atoms with Gasteiger partial charge in [0.05, 0.1) is 56.0 Å². The number of para-hydroxylation sites is 2. The molecule has 0 fully saturated rings. The van der Waals surface area contributed by atoms with Gasteiger partial charge < -0.3 is 0 Å². The maximum absolute atomic E-state index is 5.40. The summed E-state index contributed by atoms with van der Waals surface area (Å²) in [5.41, 5.74) is 33.2. The molecule has 15 aromatic carbocycles. The number of fused-ring (bicyclic) bond motifs is 16. The van der Waals surface area contributed by atoms with E-state index in [1.165, 1.54) is 77.5 Å². The minimum absolute atomic E-state index is 0.473. The fourth-order valence-corrected chi connectivity index (χ4v) is 19.0. The zero-order chi connectivity index (χ0) is 75.3. The number of imidazole rings is 2. The van der Waals surface area contributed by atoms with E-state index in [0.29, 0.717) is 0 Å². The molecule has 114 heavy (non-hydrogen) atoms. The summed E-state index contributed by atoms with van der Waals surface area (Å²) in [6.45, 7) is 0. The molecule has 532 valence electrons. The maximum atomic E-state index is 5.40. The lowest BCUT2D eigenvalue weighted by atomic mass is 9.67. The van der Waals surface area contributed by atoms with E-state index in [1.54, 1.807) is 0 Å². The van der Waals surface area contributed by atoms with Crippen molar-refractivity contribution in [3.63, 3.8) is 0 Å². The van der Waals surface area contributed by atoms with Crippen molar-refractivity contribution in [2.75, 3.05) is 0 Å². The Hall–Kier alpha value is -15.0. The van der Waals surface area contributed by atoms with Crippen molar-refractivity contribution in [1.82, 2.24) is 28.7 Å². The lowest BCUT2D eigenvalue weighted by molar-refractivity contribution is 0.769. The van der Waals surface area contributed by atoms with E-state index in [9.17, 15) is 0 Å². The quantitative estimate of drug-likeness (QED) is 0.121. The van der Waals surface area contributed by atoms with Gasteiger partial charge in [0.1, 0.15) is 11.3 Å². The third-order valence-corrected chi connectivity index (χ3v) is 23.8. The van der Waals surface area contributed by atoms with Crippen molar-refractivity contribution in [3.8, 4) is 101 Å². The van der Waals surface area contributed by atoms with Gasteiger partial charge in [-0.05, 0) is 114 Å². The number of aromatic nitrogens is 6. The smallest absolute Gasteiger partial charge is 0.137 e. The predicted octanol–water partition coefficient (Wildman–Crippen LogP) is 26.5. The van der Waals surface area contributed by atoms with Crippen LogP contribution in [0.2, 0.25) is 0 Å². The molecule has 0 radical (unpaired) electrons. The normalized spacial score (nSPS) is 12.9. The third kappa shape index (κ3) is 10.3. The van der Waals surface area contributed by atoms with Crippen LogP contribution < -0.4 is 0 Å². The molecule has 21 aromatic rings. The molecule has 0 amide bonds. The van der Waals surface area contributed by atoms with Crippen molar-refractivity contribution in [2.45, 2.75) is 10.8 Å². The predicted molar refractivity (Wildman–Crippen MR) is 469 cm³/mol. The highest BCUT2D eigenvalue weighted by molar-refractivity contribution is 6.21. The molecule has 0 aliphatic heterocycles. The zero-order valence-corrected chi connectivity index (χ0v) is 62.1. The first kappa shape index (κ1) is 66.0. The second kappa shape index (κ2) is 27.0. The van der Waals surface area contributed by atoms with Gasteiger partial charge in [-0.15, -0.1) is 0 Å². The Kier molecular flexibility index (Phi) is 15.6. The highest BCUT2D eigenvalue weighted by atomic mass is 15.0. The molecule has 6 heteroatoms. The van der Waals surface area contributed by atoms with Gasteiger partial charge in [-0.3, -0.25) is 8.80 Å². The van der Waals surface area contributed by atoms with Gasteiger partial charge in [0, 0.05) is 78.1 Å². The molecule has 6 heterocycles. The molecule has 0 N–H and O–H groups in total. The van der Waals surface area contributed by atoms with Crippen molar-refractivity contribution >= 4 is 54.6 Å². The van der Waals surface area contributed by atoms with Crippen molar-refractivity contribution < 1.29 is 0 Å². The van der Waals surface area contributed by atoms with Crippen LogP contribution in [0, 0.1) is 0 Å². The van der Waals surface area contributed by atoms with E-state index in [2.05, 4.69) is 409 Å². The summed E-state index contributed by atoms with van der Waals surface area (Å²) in [5.74, 6) is 0. The average Bonchev–Trinajstić information content (AvgIpc) is 1.52. The van der Waals surface area contributed by atoms with E-state index in [0.717, 1.165) is 123 Å². The topological polar surface area (TPSA) is 60.4 Å². The van der Waals surface area contributed by atoms with Crippen molar-refractivity contribution in [3.05, 3.63) is 469 Å². The summed E-state index contributed by atoms with van der Waals surface area (Å²) in [7, 11) is 0. The van der Waals surface area contributed by atoms with E-state index >= 15 is 0 Å². The summed E-state index contributed by atoms with van der Waals surface area (Å²) >= 11 is 0. The Balaban J connectivity index is 0.000000140. The summed E-state index contributed by atoms with van der Waals surface area (Å²) in [5, 5.41) is 7.11. The number of rotatable bonds is 11. The summed E-state index contributed by atoms with van der Waals surface area (Å²) in [6, 6.07) is 149. The molecule has 0 spiro atoms. The molecule has 6 nitrogen and oxygen atoms in total. The highest BCUT2D eigenvalue weighted by Gasteiger charge is 2.49. The first-order valence-electron chi connectivity index (χ1n) is 39.1. The lowest BCUT2D eigenvalue weighted by Crippen LogP contribution is -2.28. The lowest BCUT2D eigenvalue weighted by Gasteiger charge is -2.34. The molecule has 0 unspecified atom stereocenters. The fraction of sp³-hybridized carbons (Fsp3) is 0.0185. The van der Waals surface area contributed by atoms with Crippen molar-refractivity contribution in [1.29, 1.82) is 0 Å². The van der Waals surface area contributed by atoms with Gasteiger partial charge in [-0.1, -0.05) is 376 Å². The number of benzene rings is 15. The van der Waals surface area contributed by atoms with Crippen LogP contribution in [-0.4, -0.2) is 28.7 Å². The molecule has 0 bridgehead atoms. The number of hydrogen-bond donors (Lipinski definition) is 0. The first-order chi connectivity index (χ1) is 56.6. The van der Waals surface area contributed by atoms with Gasteiger partial charge in [-0.25, -0.2) is 19.9 Å². The van der Waals surface area contributed by atoms with E-state index < -0.39 is 10.8 Å². The average molecular weight is 1450 g/mol. The minimum Gasteiger partial charge on any atom is -0.299 e.